The predicted octanol–water partition coefficient (Wildman–Crippen LogP) is 4.62. The fourth-order valence-corrected chi connectivity index (χ4v) is 6.47. The summed E-state index contributed by atoms with van der Waals surface area (Å²) >= 11 is 12.6. The number of carbonyl (C=O) groups is 4. The zero-order chi connectivity index (χ0) is 32.5. The van der Waals surface area contributed by atoms with Gasteiger partial charge in [-0.05, 0) is 69.5 Å². The van der Waals surface area contributed by atoms with Gasteiger partial charge in [0.15, 0.2) is 0 Å². The number of piperidine rings is 1. The minimum Gasteiger partial charge on any atom is -0.466 e. The molecular weight excluding hydrogens is 619 g/mol. The molecule has 2 aliphatic rings. The molecule has 1 saturated heterocycles. The van der Waals surface area contributed by atoms with E-state index in [2.05, 4.69) is 16.4 Å². The van der Waals surface area contributed by atoms with Crippen LogP contribution in [0.15, 0.2) is 48.7 Å². The van der Waals surface area contributed by atoms with Gasteiger partial charge in [0.05, 0.1) is 36.0 Å². The molecular formula is C32H32Cl2N6O5. The lowest BCUT2D eigenvalue weighted by Gasteiger charge is -2.33. The molecule has 234 valence electrons. The van der Waals surface area contributed by atoms with Crippen molar-refractivity contribution in [3.8, 4) is 6.07 Å². The topological polar surface area (TPSA) is 138 Å². The third-order valence-corrected chi connectivity index (χ3v) is 8.58. The Morgan fingerprint density at radius 2 is 1.87 bits per heavy atom. The second-order valence-corrected chi connectivity index (χ2v) is 12.2. The molecule has 5 rings (SSSR count). The molecule has 0 spiro atoms. The van der Waals surface area contributed by atoms with Crippen molar-refractivity contribution >= 4 is 58.5 Å². The first-order valence-corrected chi connectivity index (χ1v) is 15.4. The van der Waals surface area contributed by atoms with E-state index in [1.165, 1.54) is 11.1 Å². The summed E-state index contributed by atoms with van der Waals surface area (Å²) in [5.74, 6) is -1.86. The molecule has 2 aromatic carbocycles. The van der Waals surface area contributed by atoms with Crippen LogP contribution in [0.4, 0.5) is 11.6 Å². The zero-order valence-corrected chi connectivity index (χ0v) is 26.6. The third-order valence-electron chi connectivity index (χ3n) is 8.14. The summed E-state index contributed by atoms with van der Waals surface area (Å²) in [5, 5.41) is 12.6. The summed E-state index contributed by atoms with van der Waals surface area (Å²) in [7, 11) is 0. The molecule has 1 fully saturated rings. The Morgan fingerprint density at radius 1 is 1.18 bits per heavy atom. The number of likely N-dealkylation sites (tertiary alicyclic amines) is 1. The molecule has 0 saturated carbocycles. The normalized spacial score (nSPS) is 19.9. The average Bonchev–Trinajstić information content (AvgIpc) is 3.54. The second kappa shape index (κ2) is 12.9. The van der Waals surface area contributed by atoms with Gasteiger partial charge < -0.3 is 15.0 Å². The van der Waals surface area contributed by atoms with Gasteiger partial charge in [0.2, 0.25) is 11.9 Å². The van der Waals surface area contributed by atoms with Crippen LogP contribution in [0.5, 0.6) is 0 Å². The maximum absolute atomic E-state index is 14.2. The summed E-state index contributed by atoms with van der Waals surface area (Å²) in [6.07, 6.45) is 2.81. The first-order chi connectivity index (χ1) is 21.5. The van der Waals surface area contributed by atoms with Crippen molar-refractivity contribution in [3.05, 3.63) is 75.5 Å². The van der Waals surface area contributed by atoms with Crippen LogP contribution in [0, 0.1) is 17.2 Å². The Labute approximate surface area is 270 Å². The van der Waals surface area contributed by atoms with Crippen molar-refractivity contribution < 1.29 is 23.9 Å². The molecule has 3 heterocycles. The van der Waals surface area contributed by atoms with Gasteiger partial charge in [-0.25, -0.2) is 9.88 Å². The molecule has 3 amide bonds. The molecule has 1 aromatic heterocycles. The molecule has 0 bridgehead atoms. The van der Waals surface area contributed by atoms with Crippen LogP contribution >= 0.6 is 23.2 Å². The van der Waals surface area contributed by atoms with E-state index in [0.29, 0.717) is 40.7 Å². The minimum atomic E-state index is -1.32. The Kier molecular flexibility index (Phi) is 9.18. The number of ether oxygens (including phenoxy) is 1. The molecule has 2 aliphatic heterocycles. The lowest BCUT2D eigenvalue weighted by Crippen LogP contribution is -2.51. The Balaban J connectivity index is 1.45. The van der Waals surface area contributed by atoms with Crippen LogP contribution in [0.25, 0.3) is 0 Å². The van der Waals surface area contributed by atoms with Crippen molar-refractivity contribution in [1.82, 2.24) is 19.8 Å². The second-order valence-electron chi connectivity index (χ2n) is 11.4. The quantitative estimate of drug-likeness (QED) is 0.351. The van der Waals surface area contributed by atoms with E-state index >= 15 is 0 Å². The van der Waals surface area contributed by atoms with E-state index in [0.717, 1.165) is 5.56 Å². The van der Waals surface area contributed by atoms with Gasteiger partial charge in [-0.3, -0.25) is 23.7 Å². The smallest absolute Gasteiger partial charge is 0.310 e. The number of fused-ring (bicyclic) bond motifs is 1. The highest BCUT2D eigenvalue weighted by atomic mass is 35.5. The first kappa shape index (κ1) is 32.0. The number of nitriles is 1. The van der Waals surface area contributed by atoms with Gasteiger partial charge in [0.25, 0.3) is 11.8 Å². The number of amides is 3. The molecule has 0 aliphatic carbocycles. The SMILES string of the molecule is CCOC(=O)C1CCCN(C(=O)C(C)NC(=O)c2cnc3n2C(C)(Cc2ccc(C#N)cc2)C(=O)N3c2cc(Cl)cc(Cl)c2)C1. The molecule has 11 nitrogen and oxygen atoms in total. The highest BCUT2D eigenvalue weighted by Gasteiger charge is 2.51. The Morgan fingerprint density at radius 3 is 2.51 bits per heavy atom. The number of hydrogen-bond donors (Lipinski definition) is 1. The summed E-state index contributed by atoms with van der Waals surface area (Å²) < 4.78 is 6.71. The van der Waals surface area contributed by atoms with Crippen LogP contribution in [0.1, 0.15) is 55.2 Å². The number of benzene rings is 2. The Bertz CT molecular complexity index is 1680. The molecule has 0 radical (unpaired) electrons. The van der Waals surface area contributed by atoms with Crippen LogP contribution in [-0.4, -0.2) is 63.9 Å². The van der Waals surface area contributed by atoms with Crippen molar-refractivity contribution in [2.24, 2.45) is 5.92 Å². The number of anilines is 2. The lowest BCUT2D eigenvalue weighted by molar-refractivity contribution is -0.151. The number of aromatic nitrogens is 2. The first-order valence-electron chi connectivity index (χ1n) is 14.6. The van der Waals surface area contributed by atoms with Crippen molar-refractivity contribution in [2.45, 2.75) is 51.6 Å². The largest absolute Gasteiger partial charge is 0.466 e. The zero-order valence-electron chi connectivity index (χ0n) is 25.0. The fraction of sp³-hybridized carbons (Fsp3) is 0.375. The number of esters is 1. The summed E-state index contributed by atoms with van der Waals surface area (Å²) in [6.45, 7) is 5.97. The molecule has 13 heteroatoms. The van der Waals surface area contributed by atoms with Gasteiger partial charge in [0, 0.05) is 29.6 Å². The maximum Gasteiger partial charge on any atom is 0.310 e. The van der Waals surface area contributed by atoms with E-state index < -0.39 is 23.4 Å². The predicted molar refractivity (Wildman–Crippen MR) is 167 cm³/mol. The van der Waals surface area contributed by atoms with Crippen LogP contribution < -0.4 is 10.2 Å². The van der Waals surface area contributed by atoms with Crippen LogP contribution in [0.3, 0.4) is 0 Å². The van der Waals surface area contributed by atoms with Gasteiger partial charge in [-0.15, -0.1) is 0 Å². The van der Waals surface area contributed by atoms with E-state index in [-0.39, 0.29) is 49.0 Å². The Hall–Kier alpha value is -4.40. The summed E-state index contributed by atoms with van der Waals surface area (Å²) in [4.78, 5) is 61.1. The number of hydrogen-bond acceptors (Lipinski definition) is 7. The average molecular weight is 652 g/mol. The highest BCUT2D eigenvalue weighted by Crippen LogP contribution is 2.43. The van der Waals surface area contributed by atoms with E-state index in [4.69, 9.17) is 27.9 Å². The fourth-order valence-electron chi connectivity index (χ4n) is 5.96. The van der Waals surface area contributed by atoms with Gasteiger partial charge in [-0.1, -0.05) is 35.3 Å². The van der Waals surface area contributed by atoms with Crippen LogP contribution in [-0.2, 0) is 31.1 Å². The monoisotopic (exact) mass is 650 g/mol. The number of carbonyl (C=O) groups excluding carboxylic acids is 4. The number of rotatable bonds is 8. The molecule has 45 heavy (non-hydrogen) atoms. The molecule has 3 atom stereocenters. The van der Waals surface area contributed by atoms with Crippen molar-refractivity contribution in [3.63, 3.8) is 0 Å². The maximum atomic E-state index is 14.2. The molecule has 1 N–H and O–H groups in total. The lowest BCUT2D eigenvalue weighted by atomic mass is 9.91. The highest BCUT2D eigenvalue weighted by molar-refractivity contribution is 6.35. The van der Waals surface area contributed by atoms with Gasteiger partial charge in [0.1, 0.15) is 17.3 Å². The van der Waals surface area contributed by atoms with Crippen molar-refractivity contribution in [2.75, 3.05) is 24.6 Å². The number of halogens is 2. The standard InChI is InChI=1S/C32H32Cl2N6O5/c1-4-45-29(43)22-6-5-11-38(18-22)28(42)19(2)37-27(41)26-17-36-31-39(25-13-23(33)12-24(34)14-25)30(44)32(3,40(26)31)15-20-7-9-21(16-35)10-8-20/h7-10,12-14,17,19,22H,4-6,11,15,18H2,1-3H3,(H,37,41). The minimum absolute atomic E-state index is 0.0767. The van der Waals surface area contributed by atoms with Crippen LogP contribution in [0.2, 0.25) is 10.0 Å². The number of nitrogens with one attached hydrogen (secondary N) is 1. The van der Waals surface area contributed by atoms with Crippen molar-refractivity contribution in [1.29, 1.82) is 5.26 Å². The number of imidazole rings is 1. The van der Waals surface area contributed by atoms with E-state index in [1.807, 2.05) is 0 Å². The van der Waals surface area contributed by atoms with E-state index in [9.17, 15) is 24.4 Å². The van der Waals surface area contributed by atoms with Gasteiger partial charge in [-0.2, -0.15) is 5.26 Å². The molecule has 3 aromatic rings. The summed E-state index contributed by atoms with van der Waals surface area (Å²) in [6, 6.07) is 12.7. The number of nitrogens with zero attached hydrogens (tertiary/aromatic N) is 5. The van der Waals surface area contributed by atoms with E-state index in [1.54, 1.807) is 72.7 Å². The summed E-state index contributed by atoms with van der Waals surface area (Å²) in [5.41, 5.74) is 0.360. The third kappa shape index (κ3) is 6.26. The molecule has 3 unspecified atom stereocenters. The van der Waals surface area contributed by atoms with Gasteiger partial charge >= 0.3 is 5.97 Å².